The highest BCUT2D eigenvalue weighted by molar-refractivity contribution is 6.32. The summed E-state index contributed by atoms with van der Waals surface area (Å²) in [4.78, 5) is 0. The quantitative estimate of drug-likeness (QED) is 0.683. The van der Waals surface area contributed by atoms with Crippen molar-refractivity contribution in [2.24, 2.45) is 5.73 Å². The van der Waals surface area contributed by atoms with Crippen LogP contribution in [0.15, 0.2) is 12.1 Å². The van der Waals surface area contributed by atoms with Crippen LogP contribution in [0.5, 0.6) is 11.5 Å². The van der Waals surface area contributed by atoms with Gasteiger partial charge in [0.15, 0.2) is 0 Å². The Bertz CT molecular complexity index is 428. The van der Waals surface area contributed by atoms with Gasteiger partial charge in [0.05, 0.1) is 24.3 Å². The molecule has 114 valence electrons. The molecule has 1 aromatic rings. The highest BCUT2D eigenvalue weighted by atomic mass is 35.5. The maximum atomic E-state index is 10.3. The van der Waals surface area contributed by atoms with Crippen molar-refractivity contribution in [3.05, 3.63) is 22.7 Å². The van der Waals surface area contributed by atoms with Crippen LogP contribution < -0.4 is 15.2 Å². The summed E-state index contributed by atoms with van der Waals surface area (Å²) in [6, 6.07) is 2.66. The molecule has 5 nitrogen and oxygen atoms in total. The third-order valence-electron chi connectivity index (χ3n) is 2.85. The number of hydrogen-bond acceptors (Lipinski definition) is 5. The molecule has 0 amide bonds. The van der Waals surface area contributed by atoms with Crippen LogP contribution in [0.1, 0.15) is 31.9 Å². The topological polar surface area (TPSA) is 84.9 Å². The molecule has 1 rings (SSSR count). The predicted octanol–water partition coefficient (Wildman–Crippen LogP) is 1.88. The van der Waals surface area contributed by atoms with E-state index in [2.05, 4.69) is 0 Å². The highest BCUT2D eigenvalue weighted by Gasteiger charge is 2.22. The summed E-state index contributed by atoms with van der Waals surface area (Å²) in [5.74, 6) is 0.991. The second kappa shape index (κ2) is 8.32. The van der Waals surface area contributed by atoms with Crippen LogP contribution in [0.3, 0.4) is 0 Å². The predicted molar refractivity (Wildman–Crippen MR) is 78.4 cm³/mol. The Kier molecular flexibility index (Phi) is 7.09. The average molecular weight is 304 g/mol. The van der Waals surface area contributed by atoms with Crippen LogP contribution in [-0.4, -0.2) is 36.1 Å². The lowest BCUT2D eigenvalue weighted by molar-refractivity contribution is 0.125. The lowest BCUT2D eigenvalue weighted by atomic mass is 9.99. The molecule has 2 unspecified atom stereocenters. The van der Waals surface area contributed by atoms with Gasteiger partial charge in [0.2, 0.25) is 0 Å². The monoisotopic (exact) mass is 303 g/mol. The van der Waals surface area contributed by atoms with Gasteiger partial charge in [-0.25, -0.2) is 0 Å². The van der Waals surface area contributed by atoms with Crippen molar-refractivity contribution < 1.29 is 19.7 Å². The van der Waals surface area contributed by atoms with Gasteiger partial charge in [-0.2, -0.15) is 0 Å². The average Bonchev–Trinajstić information content (AvgIpc) is 2.42. The molecule has 0 fully saturated rings. The number of benzene rings is 1. The summed E-state index contributed by atoms with van der Waals surface area (Å²) >= 11 is 6.12. The molecular formula is C14H22ClNO4. The van der Waals surface area contributed by atoms with Gasteiger partial charge in [-0.1, -0.05) is 11.6 Å². The van der Waals surface area contributed by atoms with Gasteiger partial charge >= 0.3 is 0 Å². The minimum Gasteiger partial charge on any atom is -0.493 e. The largest absolute Gasteiger partial charge is 0.493 e. The fourth-order valence-corrected chi connectivity index (χ4v) is 2.09. The van der Waals surface area contributed by atoms with Crippen molar-refractivity contribution in [1.29, 1.82) is 0 Å². The molecule has 2 atom stereocenters. The molecule has 0 spiro atoms. The molecule has 6 heteroatoms. The third kappa shape index (κ3) is 4.24. The fraction of sp³-hybridized carbons (Fsp3) is 0.571. The van der Waals surface area contributed by atoms with Gasteiger partial charge in [0, 0.05) is 24.3 Å². The first kappa shape index (κ1) is 17.0. The van der Waals surface area contributed by atoms with Gasteiger partial charge < -0.3 is 25.4 Å². The van der Waals surface area contributed by atoms with E-state index in [9.17, 15) is 5.11 Å². The third-order valence-corrected chi connectivity index (χ3v) is 3.15. The van der Waals surface area contributed by atoms with Crippen LogP contribution in [0, 0.1) is 0 Å². The van der Waals surface area contributed by atoms with Crippen LogP contribution >= 0.6 is 11.6 Å². The first-order valence-electron chi connectivity index (χ1n) is 6.68. The fourth-order valence-electron chi connectivity index (χ4n) is 1.87. The molecule has 0 aliphatic carbocycles. The molecule has 20 heavy (non-hydrogen) atoms. The zero-order valence-corrected chi connectivity index (χ0v) is 12.6. The standard InChI is InChI=1S/C14H22ClNO4/c1-3-19-12-8-13(20-4-2)10(15)7-9(12)14(18)11(16)5-6-17/h7-8,11,14,17-18H,3-6,16H2,1-2H3. The molecule has 0 aliphatic heterocycles. The second-order valence-electron chi connectivity index (χ2n) is 4.31. The molecule has 0 bridgehead atoms. The number of halogens is 1. The van der Waals surface area contributed by atoms with Crippen LogP contribution in [0.2, 0.25) is 5.02 Å². The first-order chi connectivity index (χ1) is 9.54. The summed E-state index contributed by atoms with van der Waals surface area (Å²) < 4.78 is 10.9. The summed E-state index contributed by atoms with van der Waals surface area (Å²) in [5, 5.41) is 19.6. The van der Waals surface area contributed by atoms with E-state index in [0.29, 0.717) is 35.3 Å². The van der Waals surface area contributed by atoms with Crippen LogP contribution in [0.25, 0.3) is 0 Å². The molecule has 0 saturated heterocycles. The zero-order chi connectivity index (χ0) is 15.1. The van der Waals surface area contributed by atoms with Crippen molar-refractivity contribution in [1.82, 2.24) is 0 Å². The molecule has 0 saturated carbocycles. The Morgan fingerprint density at radius 2 is 1.80 bits per heavy atom. The van der Waals surface area contributed by atoms with E-state index in [0.717, 1.165) is 0 Å². The van der Waals surface area contributed by atoms with E-state index in [4.69, 9.17) is 31.9 Å². The van der Waals surface area contributed by atoms with Crippen molar-refractivity contribution in [3.8, 4) is 11.5 Å². The van der Waals surface area contributed by atoms with Gasteiger partial charge in [-0.05, 0) is 26.3 Å². The van der Waals surface area contributed by atoms with E-state index in [1.165, 1.54) is 0 Å². The van der Waals surface area contributed by atoms with Crippen LogP contribution in [-0.2, 0) is 0 Å². The lowest BCUT2D eigenvalue weighted by Gasteiger charge is -2.22. The van der Waals surface area contributed by atoms with E-state index in [1.807, 2.05) is 13.8 Å². The SMILES string of the molecule is CCOc1cc(OCC)c(C(O)C(N)CCO)cc1Cl. The van der Waals surface area contributed by atoms with Crippen molar-refractivity contribution in [2.45, 2.75) is 32.4 Å². The summed E-state index contributed by atoms with van der Waals surface area (Å²) in [6.07, 6.45) is -0.672. The minimum atomic E-state index is -0.961. The van der Waals surface area contributed by atoms with Crippen molar-refractivity contribution >= 4 is 11.6 Å². The van der Waals surface area contributed by atoms with Gasteiger partial charge in [-0.15, -0.1) is 0 Å². The maximum Gasteiger partial charge on any atom is 0.141 e. The zero-order valence-electron chi connectivity index (χ0n) is 11.8. The van der Waals surface area contributed by atoms with E-state index >= 15 is 0 Å². The van der Waals surface area contributed by atoms with E-state index < -0.39 is 12.1 Å². The number of aliphatic hydroxyl groups is 2. The Morgan fingerprint density at radius 1 is 1.20 bits per heavy atom. The molecular weight excluding hydrogens is 282 g/mol. The maximum absolute atomic E-state index is 10.3. The number of hydrogen-bond donors (Lipinski definition) is 3. The molecule has 4 N–H and O–H groups in total. The normalized spacial score (nSPS) is 13.9. The molecule has 0 radical (unpaired) electrons. The number of aliphatic hydroxyl groups excluding tert-OH is 2. The Morgan fingerprint density at radius 3 is 2.35 bits per heavy atom. The van der Waals surface area contributed by atoms with E-state index in [-0.39, 0.29) is 13.0 Å². The van der Waals surface area contributed by atoms with Gasteiger partial charge in [0.25, 0.3) is 0 Å². The van der Waals surface area contributed by atoms with Gasteiger partial charge in [0.1, 0.15) is 11.5 Å². The van der Waals surface area contributed by atoms with Gasteiger partial charge in [-0.3, -0.25) is 0 Å². The summed E-state index contributed by atoms with van der Waals surface area (Å²) in [5.41, 5.74) is 6.33. The Labute approximate surface area is 124 Å². The van der Waals surface area contributed by atoms with Crippen molar-refractivity contribution in [2.75, 3.05) is 19.8 Å². The molecule has 0 heterocycles. The summed E-state index contributed by atoms with van der Waals surface area (Å²) in [7, 11) is 0. The molecule has 1 aromatic carbocycles. The molecule has 0 aromatic heterocycles. The van der Waals surface area contributed by atoms with E-state index in [1.54, 1.807) is 12.1 Å². The summed E-state index contributed by atoms with van der Waals surface area (Å²) in [6.45, 7) is 4.54. The van der Waals surface area contributed by atoms with Crippen molar-refractivity contribution in [3.63, 3.8) is 0 Å². The number of rotatable bonds is 8. The smallest absolute Gasteiger partial charge is 0.141 e. The minimum absolute atomic E-state index is 0.0903. The number of nitrogens with two attached hydrogens (primary N) is 1. The number of ether oxygens (including phenoxy) is 2. The Hall–Kier alpha value is -1.01. The lowest BCUT2D eigenvalue weighted by Crippen LogP contribution is -2.29. The van der Waals surface area contributed by atoms with Crippen LogP contribution in [0.4, 0.5) is 0 Å². The molecule has 0 aliphatic rings. The first-order valence-corrected chi connectivity index (χ1v) is 7.06. The highest BCUT2D eigenvalue weighted by Crippen LogP contribution is 2.37. The Balaban J connectivity index is 3.12. The second-order valence-corrected chi connectivity index (χ2v) is 4.71.